The lowest BCUT2D eigenvalue weighted by Crippen LogP contribution is -2.09. The second-order valence-electron chi connectivity index (χ2n) is 3.71. The molecule has 0 N–H and O–H groups in total. The van der Waals surface area contributed by atoms with Gasteiger partial charge in [-0.1, -0.05) is 0 Å². The molecule has 4 heteroatoms. The zero-order valence-electron chi connectivity index (χ0n) is 9.62. The molecule has 1 heterocycles. The summed E-state index contributed by atoms with van der Waals surface area (Å²) in [6.07, 6.45) is 0. The van der Waals surface area contributed by atoms with Gasteiger partial charge in [0.15, 0.2) is 0 Å². The maximum atomic E-state index is 11.7. The first kappa shape index (κ1) is 11.0. The van der Waals surface area contributed by atoms with Gasteiger partial charge in [0, 0.05) is 5.56 Å². The Labute approximate surface area is 94.1 Å². The van der Waals surface area contributed by atoms with Gasteiger partial charge in [-0.3, -0.25) is 0 Å². The molecule has 1 aromatic carbocycles. The smallest absolute Gasteiger partial charge is 0.342 e. The number of ether oxygens (including phenoxy) is 3. The number of methoxy groups -OCH3 is 2. The predicted octanol–water partition coefficient (Wildman–Crippen LogP) is 1.82. The third-order valence-corrected chi connectivity index (χ3v) is 2.84. The lowest BCUT2D eigenvalue weighted by atomic mass is 9.98. The van der Waals surface area contributed by atoms with Crippen LogP contribution in [0.25, 0.3) is 0 Å². The van der Waals surface area contributed by atoms with Crippen molar-refractivity contribution in [3.63, 3.8) is 0 Å². The summed E-state index contributed by atoms with van der Waals surface area (Å²) in [4.78, 5) is 11.7. The van der Waals surface area contributed by atoms with Crippen LogP contribution in [0, 0.1) is 6.92 Å². The van der Waals surface area contributed by atoms with E-state index in [2.05, 4.69) is 0 Å². The van der Waals surface area contributed by atoms with Crippen LogP contribution in [0.4, 0.5) is 0 Å². The van der Waals surface area contributed by atoms with Gasteiger partial charge in [0.1, 0.15) is 11.3 Å². The van der Waals surface area contributed by atoms with Crippen LogP contribution in [0.2, 0.25) is 0 Å². The van der Waals surface area contributed by atoms with Gasteiger partial charge in [-0.25, -0.2) is 4.79 Å². The van der Waals surface area contributed by atoms with E-state index in [0.717, 1.165) is 16.7 Å². The molecule has 16 heavy (non-hydrogen) atoms. The normalized spacial score (nSPS) is 13.4. The van der Waals surface area contributed by atoms with Gasteiger partial charge >= 0.3 is 5.97 Å². The van der Waals surface area contributed by atoms with Gasteiger partial charge in [0.05, 0.1) is 27.4 Å². The van der Waals surface area contributed by atoms with E-state index >= 15 is 0 Å². The minimum absolute atomic E-state index is 0.376. The third-order valence-electron chi connectivity index (χ3n) is 2.84. The van der Waals surface area contributed by atoms with Gasteiger partial charge in [0.2, 0.25) is 0 Å². The van der Waals surface area contributed by atoms with E-state index in [1.165, 1.54) is 7.11 Å². The molecule has 0 spiro atoms. The number of hydrogen-bond acceptors (Lipinski definition) is 4. The number of hydrogen-bond donors (Lipinski definition) is 0. The number of esters is 1. The van der Waals surface area contributed by atoms with E-state index in [1.807, 2.05) is 13.0 Å². The lowest BCUT2D eigenvalue weighted by molar-refractivity contribution is 0.0592. The first-order valence-corrected chi connectivity index (χ1v) is 5.04. The van der Waals surface area contributed by atoms with Gasteiger partial charge in [0.25, 0.3) is 0 Å². The number of aryl methyl sites for hydroxylation is 1. The second kappa shape index (κ2) is 4.14. The van der Waals surface area contributed by atoms with Crippen LogP contribution < -0.4 is 4.74 Å². The molecular weight excluding hydrogens is 208 g/mol. The van der Waals surface area contributed by atoms with Crippen molar-refractivity contribution < 1.29 is 19.0 Å². The summed E-state index contributed by atoms with van der Waals surface area (Å²) in [6, 6.07) is 1.85. The first-order chi connectivity index (χ1) is 7.69. The van der Waals surface area contributed by atoms with E-state index in [-0.39, 0.29) is 5.97 Å². The molecule has 0 unspecified atom stereocenters. The third kappa shape index (κ3) is 1.55. The van der Waals surface area contributed by atoms with Crippen LogP contribution in [-0.4, -0.2) is 20.2 Å². The Morgan fingerprint density at radius 2 is 2.00 bits per heavy atom. The molecule has 2 rings (SSSR count). The molecule has 1 aliphatic heterocycles. The molecule has 1 aliphatic rings. The maximum Gasteiger partial charge on any atom is 0.342 e. The van der Waals surface area contributed by atoms with E-state index in [4.69, 9.17) is 14.2 Å². The zero-order chi connectivity index (χ0) is 11.7. The standard InChI is InChI=1S/C12H14O4/c1-7-4-10(14-2)11(12(13)15-3)9-6-16-5-8(7)9/h4H,5-6H2,1-3H3. The average Bonchev–Trinajstić information content (AvgIpc) is 2.77. The predicted molar refractivity (Wildman–Crippen MR) is 57.6 cm³/mol. The number of fused-ring (bicyclic) bond motifs is 1. The van der Waals surface area contributed by atoms with E-state index < -0.39 is 0 Å². The SMILES string of the molecule is COC(=O)c1c(OC)cc(C)c2c1COC2. The molecule has 0 bridgehead atoms. The number of carbonyl (C=O) groups is 1. The molecule has 0 radical (unpaired) electrons. The fraction of sp³-hybridized carbons (Fsp3) is 0.417. The van der Waals surface area contributed by atoms with Crippen molar-refractivity contribution in [3.05, 3.63) is 28.3 Å². The Morgan fingerprint density at radius 3 is 2.62 bits per heavy atom. The van der Waals surface area contributed by atoms with Crippen molar-refractivity contribution in [1.82, 2.24) is 0 Å². The Morgan fingerprint density at radius 1 is 1.31 bits per heavy atom. The molecule has 0 saturated carbocycles. The van der Waals surface area contributed by atoms with Crippen molar-refractivity contribution in [2.75, 3.05) is 14.2 Å². The highest BCUT2D eigenvalue weighted by atomic mass is 16.5. The van der Waals surface area contributed by atoms with Crippen LogP contribution in [0.3, 0.4) is 0 Å². The highest BCUT2D eigenvalue weighted by molar-refractivity contribution is 5.95. The lowest BCUT2D eigenvalue weighted by Gasteiger charge is -2.12. The fourth-order valence-electron chi connectivity index (χ4n) is 2.00. The van der Waals surface area contributed by atoms with Crippen molar-refractivity contribution >= 4 is 5.97 Å². The van der Waals surface area contributed by atoms with Gasteiger partial charge in [-0.15, -0.1) is 0 Å². The molecule has 0 fully saturated rings. The van der Waals surface area contributed by atoms with Crippen LogP contribution in [0.5, 0.6) is 5.75 Å². The molecule has 0 amide bonds. The molecule has 86 valence electrons. The average molecular weight is 222 g/mol. The molecule has 4 nitrogen and oxygen atoms in total. The van der Waals surface area contributed by atoms with E-state index in [1.54, 1.807) is 7.11 Å². The Balaban J connectivity index is 2.65. The molecule has 1 aromatic rings. The Kier molecular flexibility index (Phi) is 2.83. The van der Waals surface area contributed by atoms with Crippen molar-refractivity contribution in [3.8, 4) is 5.75 Å². The highest BCUT2D eigenvalue weighted by Crippen LogP contribution is 2.33. The molecule has 0 saturated heterocycles. The second-order valence-corrected chi connectivity index (χ2v) is 3.71. The summed E-state index contributed by atoms with van der Waals surface area (Å²) in [7, 11) is 2.91. The Bertz CT molecular complexity index is 437. The summed E-state index contributed by atoms with van der Waals surface area (Å²) in [5.41, 5.74) is 3.53. The highest BCUT2D eigenvalue weighted by Gasteiger charge is 2.26. The van der Waals surface area contributed by atoms with Crippen LogP contribution in [0.15, 0.2) is 6.07 Å². The van der Waals surface area contributed by atoms with Crippen molar-refractivity contribution in [2.24, 2.45) is 0 Å². The summed E-state index contributed by atoms with van der Waals surface area (Å²) < 4.78 is 15.4. The Hall–Kier alpha value is -1.55. The number of carbonyl (C=O) groups excluding carboxylic acids is 1. The maximum absolute atomic E-state index is 11.7. The fourth-order valence-corrected chi connectivity index (χ4v) is 2.00. The first-order valence-electron chi connectivity index (χ1n) is 5.04. The van der Waals surface area contributed by atoms with Gasteiger partial charge in [-0.05, 0) is 24.1 Å². The largest absolute Gasteiger partial charge is 0.496 e. The van der Waals surface area contributed by atoms with E-state index in [0.29, 0.717) is 24.5 Å². The zero-order valence-corrected chi connectivity index (χ0v) is 9.62. The summed E-state index contributed by atoms with van der Waals surface area (Å²) >= 11 is 0. The number of rotatable bonds is 2. The molecule has 0 atom stereocenters. The minimum atomic E-state index is -0.376. The van der Waals surface area contributed by atoms with Crippen LogP contribution in [-0.2, 0) is 22.7 Å². The van der Waals surface area contributed by atoms with Crippen LogP contribution in [0.1, 0.15) is 27.0 Å². The molecule has 0 aliphatic carbocycles. The van der Waals surface area contributed by atoms with Gasteiger partial charge < -0.3 is 14.2 Å². The van der Waals surface area contributed by atoms with Crippen molar-refractivity contribution in [2.45, 2.75) is 20.1 Å². The monoisotopic (exact) mass is 222 g/mol. The van der Waals surface area contributed by atoms with Gasteiger partial charge in [-0.2, -0.15) is 0 Å². The number of benzene rings is 1. The molecule has 0 aromatic heterocycles. The summed E-state index contributed by atoms with van der Waals surface area (Å²) in [5, 5.41) is 0. The van der Waals surface area contributed by atoms with Crippen molar-refractivity contribution in [1.29, 1.82) is 0 Å². The summed E-state index contributed by atoms with van der Waals surface area (Å²) in [6.45, 7) is 2.98. The molecular formula is C12H14O4. The minimum Gasteiger partial charge on any atom is -0.496 e. The topological polar surface area (TPSA) is 44.8 Å². The van der Waals surface area contributed by atoms with Crippen LogP contribution >= 0.6 is 0 Å². The summed E-state index contributed by atoms with van der Waals surface area (Å²) in [5.74, 6) is 0.173. The van der Waals surface area contributed by atoms with E-state index in [9.17, 15) is 4.79 Å². The quantitative estimate of drug-likeness (QED) is 0.716.